The average molecular weight is 372 g/mol. The van der Waals surface area contributed by atoms with Gasteiger partial charge in [-0.2, -0.15) is 0 Å². The maximum absolute atomic E-state index is 3.61. The highest BCUT2D eigenvalue weighted by atomic mass is 79.9. The average Bonchev–Trinajstić information content (AvgIpc) is 2.95. The molecule has 2 heteroatoms. The summed E-state index contributed by atoms with van der Waals surface area (Å²) < 4.78 is 3.46. The standard InChI is InChI=1S/C22H14BrN/c23-17-10-12-22-20(14-17)19-7-3-4-8-21(19)24(22)18-11-9-15-5-1-2-6-16(15)13-18/h1-14H. The molecule has 0 radical (unpaired) electrons. The molecule has 0 unspecified atom stereocenters. The molecule has 114 valence electrons. The van der Waals surface area contributed by atoms with Crippen LogP contribution in [0.15, 0.2) is 89.4 Å². The highest BCUT2D eigenvalue weighted by Crippen LogP contribution is 2.34. The lowest BCUT2D eigenvalue weighted by atomic mass is 10.1. The summed E-state index contributed by atoms with van der Waals surface area (Å²) in [6.45, 7) is 0. The van der Waals surface area contributed by atoms with E-state index in [4.69, 9.17) is 0 Å². The number of para-hydroxylation sites is 1. The Balaban J connectivity index is 1.92. The van der Waals surface area contributed by atoms with E-state index in [-0.39, 0.29) is 0 Å². The Bertz CT molecular complexity index is 1220. The SMILES string of the molecule is Brc1ccc2c(c1)c1ccccc1n2-c1ccc2ccccc2c1. The minimum Gasteiger partial charge on any atom is -0.309 e. The first-order valence-electron chi connectivity index (χ1n) is 7.99. The summed E-state index contributed by atoms with van der Waals surface area (Å²) in [7, 11) is 0. The van der Waals surface area contributed by atoms with Crippen LogP contribution in [0, 0.1) is 0 Å². The summed E-state index contributed by atoms with van der Waals surface area (Å²) in [6.07, 6.45) is 0. The number of hydrogen-bond acceptors (Lipinski definition) is 0. The van der Waals surface area contributed by atoms with Gasteiger partial charge in [-0.15, -0.1) is 0 Å². The van der Waals surface area contributed by atoms with E-state index in [1.807, 2.05) is 0 Å². The Morgan fingerprint density at radius 3 is 2.25 bits per heavy atom. The van der Waals surface area contributed by atoms with Crippen molar-refractivity contribution in [3.05, 3.63) is 89.4 Å². The largest absolute Gasteiger partial charge is 0.309 e. The predicted molar refractivity (Wildman–Crippen MR) is 106 cm³/mol. The number of hydrogen-bond donors (Lipinski definition) is 0. The lowest BCUT2D eigenvalue weighted by molar-refractivity contribution is 1.19. The summed E-state index contributed by atoms with van der Waals surface area (Å²) in [4.78, 5) is 0. The van der Waals surface area contributed by atoms with Crippen LogP contribution in [-0.4, -0.2) is 4.57 Å². The molecule has 0 aliphatic heterocycles. The fraction of sp³-hybridized carbons (Fsp3) is 0. The van der Waals surface area contributed by atoms with Gasteiger partial charge in [0.15, 0.2) is 0 Å². The normalized spacial score (nSPS) is 11.5. The van der Waals surface area contributed by atoms with Crippen LogP contribution < -0.4 is 0 Å². The lowest BCUT2D eigenvalue weighted by Gasteiger charge is -2.09. The van der Waals surface area contributed by atoms with E-state index >= 15 is 0 Å². The second-order valence-corrected chi connectivity index (χ2v) is 6.96. The number of aromatic nitrogens is 1. The van der Waals surface area contributed by atoms with Gasteiger partial charge in [0, 0.05) is 20.9 Å². The zero-order chi connectivity index (χ0) is 16.1. The zero-order valence-electron chi connectivity index (χ0n) is 12.9. The molecule has 0 spiro atoms. The van der Waals surface area contributed by atoms with Gasteiger partial charge < -0.3 is 4.57 Å². The second-order valence-electron chi connectivity index (χ2n) is 6.05. The maximum atomic E-state index is 3.61. The Morgan fingerprint density at radius 2 is 1.33 bits per heavy atom. The van der Waals surface area contributed by atoms with Gasteiger partial charge in [-0.25, -0.2) is 0 Å². The Kier molecular flexibility index (Phi) is 3.00. The van der Waals surface area contributed by atoms with Crippen LogP contribution in [0.5, 0.6) is 0 Å². The van der Waals surface area contributed by atoms with Crippen molar-refractivity contribution in [3.8, 4) is 5.69 Å². The third-order valence-corrected chi connectivity index (χ3v) is 5.12. The van der Waals surface area contributed by atoms with Crippen LogP contribution in [0.2, 0.25) is 0 Å². The quantitative estimate of drug-likeness (QED) is 0.309. The number of benzene rings is 4. The first kappa shape index (κ1) is 13.8. The highest BCUT2D eigenvalue weighted by molar-refractivity contribution is 9.10. The molecule has 0 aliphatic rings. The van der Waals surface area contributed by atoms with Crippen LogP contribution in [0.1, 0.15) is 0 Å². The minimum atomic E-state index is 1.11. The van der Waals surface area contributed by atoms with Crippen LogP contribution >= 0.6 is 15.9 Å². The van der Waals surface area contributed by atoms with Gasteiger partial charge in [-0.05, 0) is 47.2 Å². The molecule has 0 bridgehead atoms. The van der Waals surface area contributed by atoms with Crippen molar-refractivity contribution >= 4 is 48.5 Å². The first-order chi connectivity index (χ1) is 11.8. The summed E-state index contributed by atoms with van der Waals surface area (Å²) in [6, 6.07) is 30.3. The summed E-state index contributed by atoms with van der Waals surface area (Å²) >= 11 is 3.61. The molecule has 0 atom stereocenters. The third-order valence-electron chi connectivity index (χ3n) is 4.63. The van der Waals surface area contributed by atoms with E-state index in [1.165, 1.54) is 38.3 Å². The first-order valence-corrected chi connectivity index (χ1v) is 8.78. The minimum absolute atomic E-state index is 1.11. The molecule has 5 rings (SSSR count). The van der Waals surface area contributed by atoms with Crippen LogP contribution in [0.25, 0.3) is 38.3 Å². The second kappa shape index (κ2) is 5.22. The van der Waals surface area contributed by atoms with Gasteiger partial charge in [0.05, 0.1) is 11.0 Å². The fourth-order valence-electron chi connectivity index (χ4n) is 3.54. The molecule has 0 saturated carbocycles. The molecular weight excluding hydrogens is 358 g/mol. The molecular formula is C22H14BrN. The van der Waals surface area contributed by atoms with E-state index in [0.29, 0.717) is 0 Å². The van der Waals surface area contributed by atoms with E-state index in [9.17, 15) is 0 Å². The lowest BCUT2D eigenvalue weighted by Crippen LogP contribution is -1.93. The topological polar surface area (TPSA) is 4.93 Å². The monoisotopic (exact) mass is 371 g/mol. The van der Waals surface area contributed by atoms with Crippen LogP contribution in [-0.2, 0) is 0 Å². The molecule has 1 nitrogen and oxygen atoms in total. The zero-order valence-corrected chi connectivity index (χ0v) is 14.5. The van der Waals surface area contributed by atoms with Crippen molar-refractivity contribution in [1.29, 1.82) is 0 Å². The van der Waals surface area contributed by atoms with Gasteiger partial charge >= 0.3 is 0 Å². The number of nitrogens with zero attached hydrogens (tertiary/aromatic N) is 1. The Labute approximate surface area is 148 Å². The summed E-state index contributed by atoms with van der Waals surface area (Å²) in [5.74, 6) is 0. The Hall–Kier alpha value is -2.58. The van der Waals surface area contributed by atoms with Crippen molar-refractivity contribution in [2.75, 3.05) is 0 Å². The number of rotatable bonds is 1. The molecule has 0 fully saturated rings. The van der Waals surface area contributed by atoms with Crippen molar-refractivity contribution in [1.82, 2.24) is 4.57 Å². The highest BCUT2D eigenvalue weighted by Gasteiger charge is 2.12. The molecule has 0 N–H and O–H groups in total. The molecule has 5 aromatic rings. The molecule has 1 heterocycles. The third kappa shape index (κ3) is 2.00. The van der Waals surface area contributed by atoms with Crippen molar-refractivity contribution < 1.29 is 0 Å². The van der Waals surface area contributed by atoms with E-state index in [2.05, 4.69) is 105 Å². The van der Waals surface area contributed by atoms with Gasteiger partial charge in [0.25, 0.3) is 0 Å². The molecule has 4 aromatic carbocycles. The predicted octanol–water partition coefficient (Wildman–Crippen LogP) is 6.70. The molecule has 1 aromatic heterocycles. The van der Waals surface area contributed by atoms with Crippen molar-refractivity contribution in [2.45, 2.75) is 0 Å². The van der Waals surface area contributed by atoms with E-state index in [0.717, 1.165) is 4.47 Å². The van der Waals surface area contributed by atoms with Crippen molar-refractivity contribution in [3.63, 3.8) is 0 Å². The van der Waals surface area contributed by atoms with Crippen LogP contribution in [0.3, 0.4) is 0 Å². The van der Waals surface area contributed by atoms with Gasteiger partial charge in [0.2, 0.25) is 0 Å². The number of halogens is 1. The summed E-state index contributed by atoms with van der Waals surface area (Å²) in [5.41, 5.74) is 3.66. The number of fused-ring (bicyclic) bond motifs is 4. The molecule has 0 aliphatic carbocycles. The van der Waals surface area contributed by atoms with E-state index < -0.39 is 0 Å². The van der Waals surface area contributed by atoms with Gasteiger partial charge in [0.1, 0.15) is 0 Å². The Morgan fingerprint density at radius 1 is 0.583 bits per heavy atom. The van der Waals surface area contributed by atoms with Gasteiger partial charge in [-0.3, -0.25) is 0 Å². The molecule has 24 heavy (non-hydrogen) atoms. The van der Waals surface area contributed by atoms with E-state index in [1.54, 1.807) is 0 Å². The van der Waals surface area contributed by atoms with Crippen LogP contribution in [0.4, 0.5) is 0 Å². The van der Waals surface area contributed by atoms with Gasteiger partial charge in [-0.1, -0.05) is 64.5 Å². The smallest absolute Gasteiger partial charge is 0.0541 e. The summed E-state index contributed by atoms with van der Waals surface area (Å²) in [5, 5.41) is 5.08. The fourth-order valence-corrected chi connectivity index (χ4v) is 3.90. The molecule has 0 amide bonds. The van der Waals surface area contributed by atoms with Crippen molar-refractivity contribution in [2.24, 2.45) is 0 Å². The maximum Gasteiger partial charge on any atom is 0.0541 e. The molecule has 0 saturated heterocycles.